The van der Waals surface area contributed by atoms with Gasteiger partial charge in [0.05, 0.1) is 0 Å². The van der Waals surface area contributed by atoms with Crippen molar-refractivity contribution in [3.8, 4) is 0 Å². The van der Waals surface area contributed by atoms with E-state index >= 15 is 0 Å². The molecule has 0 atom stereocenters. The second-order valence-corrected chi connectivity index (χ2v) is 2.05. The first-order valence-electron chi connectivity index (χ1n) is 3.04. The van der Waals surface area contributed by atoms with Crippen LogP contribution in [0.15, 0.2) is 12.2 Å². The van der Waals surface area contributed by atoms with Gasteiger partial charge in [-0.05, 0) is 6.42 Å². The van der Waals surface area contributed by atoms with E-state index in [0.29, 0.717) is 6.42 Å². The van der Waals surface area contributed by atoms with E-state index in [-0.39, 0.29) is 5.57 Å². The van der Waals surface area contributed by atoms with Crippen LogP contribution in [0.2, 0.25) is 0 Å². The van der Waals surface area contributed by atoms with E-state index < -0.39 is 12.0 Å². The second kappa shape index (κ2) is 3.47. The van der Waals surface area contributed by atoms with E-state index in [1.165, 1.54) is 5.32 Å². The average molecular weight is 161 g/mol. The molecule has 0 aliphatic heterocycles. The van der Waals surface area contributed by atoms with E-state index in [1.54, 1.807) is 6.92 Å². The molecule has 0 heterocycles. The van der Waals surface area contributed by atoms with Gasteiger partial charge in [-0.3, -0.25) is 10.1 Å². The van der Waals surface area contributed by atoms with Crippen molar-refractivity contribution in [2.45, 2.75) is 19.4 Å². The zero-order chi connectivity index (χ0) is 9.07. The van der Waals surface area contributed by atoms with Crippen molar-refractivity contribution in [2.24, 2.45) is 0 Å². The molecule has 0 rings (SSSR count). The molecule has 0 bridgehead atoms. The number of rotatable bonds is 3. The van der Waals surface area contributed by atoms with Gasteiger partial charge >= 0.3 is 6.10 Å². The Labute approximate surface area is 64.0 Å². The fourth-order valence-electron chi connectivity index (χ4n) is 0.401. The van der Waals surface area contributed by atoms with Gasteiger partial charge in [-0.25, -0.2) is 0 Å². The summed E-state index contributed by atoms with van der Waals surface area (Å²) in [5.41, 5.74) is 0.159. The van der Waals surface area contributed by atoms with Crippen LogP contribution in [0.5, 0.6) is 0 Å². The molecule has 0 aliphatic carbocycles. The number of carbonyl (C=O) groups excluding carboxylic acids is 1. The van der Waals surface area contributed by atoms with Crippen LogP contribution in [0.25, 0.3) is 0 Å². The van der Waals surface area contributed by atoms with E-state index in [2.05, 4.69) is 6.58 Å². The lowest BCUT2D eigenvalue weighted by atomic mass is 10.2. The molecule has 11 heavy (non-hydrogen) atoms. The SMILES string of the molecule is C=C(CC)C(=O)NC(O)(O)O. The van der Waals surface area contributed by atoms with Crippen LogP contribution in [-0.4, -0.2) is 27.3 Å². The molecule has 5 nitrogen and oxygen atoms in total. The molecule has 0 spiro atoms. The van der Waals surface area contributed by atoms with Crippen LogP contribution in [0.4, 0.5) is 0 Å². The van der Waals surface area contributed by atoms with Gasteiger partial charge in [0.1, 0.15) is 0 Å². The molecule has 5 heteroatoms. The summed E-state index contributed by atoms with van der Waals surface area (Å²) in [6, 6.07) is 0. The first-order valence-corrected chi connectivity index (χ1v) is 3.04. The first kappa shape index (κ1) is 10.1. The Morgan fingerprint density at radius 3 is 2.27 bits per heavy atom. The quantitative estimate of drug-likeness (QED) is 0.304. The highest BCUT2D eigenvalue weighted by Crippen LogP contribution is 1.97. The summed E-state index contributed by atoms with van der Waals surface area (Å²) in [5.74, 6) is -0.792. The third-order valence-electron chi connectivity index (χ3n) is 1.03. The van der Waals surface area contributed by atoms with Gasteiger partial charge in [0.15, 0.2) is 0 Å². The number of nitrogens with one attached hydrogen (secondary N) is 1. The smallest absolute Gasteiger partial charge is 0.325 e. The Morgan fingerprint density at radius 1 is 1.55 bits per heavy atom. The molecule has 4 N–H and O–H groups in total. The number of carbonyl (C=O) groups is 1. The predicted octanol–water partition coefficient (Wildman–Crippen LogP) is -1.34. The molecule has 0 unspecified atom stereocenters. The standard InChI is InChI=1S/C6H11NO4/c1-3-4(2)5(8)7-6(9,10)11/h9-11H,2-3H2,1H3,(H,7,8). The summed E-state index contributed by atoms with van der Waals surface area (Å²) < 4.78 is 0. The minimum absolute atomic E-state index is 0.159. The summed E-state index contributed by atoms with van der Waals surface area (Å²) >= 11 is 0. The largest absolute Gasteiger partial charge is 0.369 e. The van der Waals surface area contributed by atoms with Crippen molar-refractivity contribution in [3.63, 3.8) is 0 Å². The molecule has 64 valence electrons. The maximum Gasteiger partial charge on any atom is 0.369 e. The molecule has 0 saturated heterocycles. The monoisotopic (exact) mass is 161 g/mol. The maximum atomic E-state index is 10.7. The van der Waals surface area contributed by atoms with Crippen molar-refractivity contribution < 1.29 is 20.1 Å². The van der Waals surface area contributed by atoms with E-state index in [9.17, 15) is 4.79 Å². The number of aliphatic hydroxyl groups is 3. The molecule has 0 radical (unpaired) electrons. The summed E-state index contributed by atoms with van der Waals surface area (Å²) in [7, 11) is 0. The molecule has 0 aromatic heterocycles. The zero-order valence-electron chi connectivity index (χ0n) is 6.16. The van der Waals surface area contributed by atoms with Gasteiger partial charge in [0.2, 0.25) is 0 Å². The molecule has 0 fully saturated rings. The van der Waals surface area contributed by atoms with Crippen LogP contribution >= 0.6 is 0 Å². The molecule has 0 aliphatic rings. The Morgan fingerprint density at radius 2 is 2.00 bits per heavy atom. The third kappa shape index (κ3) is 4.49. The molecular weight excluding hydrogens is 150 g/mol. The van der Waals surface area contributed by atoms with Crippen molar-refractivity contribution in [1.29, 1.82) is 0 Å². The minimum Gasteiger partial charge on any atom is -0.325 e. The van der Waals surface area contributed by atoms with E-state index in [1.807, 2.05) is 0 Å². The Hall–Kier alpha value is -0.910. The van der Waals surface area contributed by atoms with E-state index in [4.69, 9.17) is 15.3 Å². The lowest BCUT2D eigenvalue weighted by Gasteiger charge is -2.15. The lowest BCUT2D eigenvalue weighted by Crippen LogP contribution is -2.48. The highest BCUT2D eigenvalue weighted by atomic mass is 16.7. The van der Waals surface area contributed by atoms with Crippen molar-refractivity contribution in [3.05, 3.63) is 12.2 Å². The summed E-state index contributed by atoms with van der Waals surface area (Å²) in [6.07, 6.45) is -2.78. The molecule has 1 amide bonds. The predicted molar refractivity (Wildman–Crippen MR) is 37.0 cm³/mol. The number of hydrogen-bond donors (Lipinski definition) is 4. The fourth-order valence-corrected chi connectivity index (χ4v) is 0.401. The average Bonchev–Trinajstić information content (AvgIpc) is 1.82. The van der Waals surface area contributed by atoms with E-state index in [0.717, 1.165) is 0 Å². The zero-order valence-corrected chi connectivity index (χ0v) is 6.16. The number of hydrogen-bond acceptors (Lipinski definition) is 4. The Bertz CT molecular complexity index is 170. The normalized spacial score (nSPS) is 10.9. The van der Waals surface area contributed by atoms with Gasteiger partial charge < -0.3 is 15.3 Å². The molecule has 0 aromatic carbocycles. The van der Waals surface area contributed by atoms with Gasteiger partial charge in [-0.2, -0.15) is 0 Å². The lowest BCUT2D eigenvalue weighted by molar-refractivity contribution is -0.325. The van der Waals surface area contributed by atoms with Crippen molar-refractivity contribution in [2.75, 3.05) is 0 Å². The number of amides is 1. The van der Waals surface area contributed by atoms with Crippen molar-refractivity contribution in [1.82, 2.24) is 5.32 Å². The van der Waals surface area contributed by atoms with Gasteiger partial charge in [0, 0.05) is 5.57 Å². The summed E-state index contributed by atoms with van der Waals surface area (Å²) in [5, 5.41) is 26.3. The van der Waals surface area contributed by atoms with Crippen LogP contribution in [0, 0.1) is 0 Å². The Balaban J connectivity index is 3.99. The van der Waals surface area contributed by atoms with Crippen LogP contribution in [0.3, 0.4) is 0 Å². The Kier molecular flexibility index (Phi) is 3.18. The van der Waals surface area contributed by atoms with Gasteiger partial charge in [-0.15, -0.1) is 0 Å². The van der Waals surface area contributed by atoms with Gasteiger partial charge in [-0.1, -0.05) is 13.5 Å². The minimum atomic E-state index is -3.16. The summed E-state index contributed by atoms with van der Waals surface area (Å²) in [6.45, 7) is 4.99. The maximum absolute atomic E-state index is 10.7. The molecule has 0 saturated carbocycles. The van der Waals surface area contributed by atoms with Crippen LogP contribution in [0.1, 0.15) is 13.3 Å². The third-order valence-corrected chi connectivity index (χ3v) is 1.03. The fraction of sp³-hybridized carbons (Fsp3) is 0.500. The highest BCUT2D eigenvalue weighted by Gasteiger charge is 2.21. The summed E-state index contributed by atoms with van der Waals surface area (Å²) in [4.78, 5) is 10.7. The highest BCUT2D eigenvalue weighted by molar-refractivity contribution is 5.92. The first-order chi connectivity index (χ1) is 4.87. The second-order valence-electron chi connectivity index (χ2n) is 2.05. The molecular formula is C6H11NO4. The van der Waals surface area contributed by atoms with Gasteiger partial charge in [0.25, 0.3) is 5.91 Å². The topological polar surface area (TPSA) is 89.8 Å². The van der Waals surface area contributed by atoms with Crippen LogP contribution < -0.4 is 5.32 Å². The van der Waals surface area contributed by atoms with Crippen LogP contribution in [-0.2, 0) is 4.79 Å². The van der Waals surface area contributed by atoms with Crippen molar-refractivity contribution >= 4 is 5.91 Å². The molecule has 0 aromatic rings.